The first-order valence-electron chi connectivity index (χ1n) is 8.65. The minimum absolute atomic E-state index is 0.0713. The number of allylic oxidation sites excluding steroid dienone is 1. The molecule has 0 aromatic heterocycles. The van der Waals surface area contributed by atoms with Crippen molar-refractivity contribution in [1.82, 2.24) is 5.09 Å². The number of benzene rings is 2. The van der Waals surface area contributed by atoms with E-state index in [2.05, 4.69) is 41.7 Å². The van der Waals surface area contributed by atoms with E-state index >= 15 is 0 Å². The lowest BCUT2D eigenvalue weighted by atomic mass is 9.98. The number of hydrogen-bond donors (Lipinski definition) is 2. The number of rotatable bonds is 7. The van der Waals surface area contributed by atoms with Crippen molar-refractivity contribution in [3.8, 4) is 11.1 Å². The summed E-state index contributed by atoms with van der Waals surface area (Å²) in [6.45, 7) is 4.41. The number of carbonyl (C=O) groups is 1. The molecule has 4 nitrogen and oxygen atoms in total. The van der Waals surface area contributed by atoms with Crippen LogP contribution in [0.5, 0.6) is 0 Å². The average Bonchev–Trinajstić information content (AvgIpc) is 2.98. The summed E-state index contributed by atoms with van der Waals surface area (Å²) in [7, 11) is -0.743. The monoisotopic (exact) mass is 366 g/mol. The molecule has 134 valence electrons. The van der Waals surface area contributed by atoms with Gasteiger partial charge in [0.15, 0.2) is 0 Å². The standard InChI is InChI=1S/C21H23N2O2P/c1-2-3-13-26(14-12-22)23-21(24)25-15-20-18-10-6-4-8-16(18)17-9-5-7-11-19(17)20/h3-11,20H,1,12-15,22H2,(H,23,24). The number of carbonyl (C=O) groups excluding carboxylic acids is 1. The lowest BCUT2D eigenvalue weighted by Crippen LogP contribution is -2.25. The summed E-state index contributed by atoms with van der Waals surface area (Å²) in [6, 6.07) is 16.6. The van der Waals surface area contributed by atoms with Gasteiger partial charge < -0.3 is 15.6 Å². The van der Waals surface area contributed by atoms with Gasteiger partial charge in [0, 0.05) is 20.2 Å². The highest BCUT2D eigenvalue weighted by molar-refractivity contribution is 7.56. The SMILES string of the molecule is C=C=CCP(CCN)NC(=O)OCC1c2ccccc2-c2ccccc21. The Morgan fingerprint density at radius 2 is 1.81 bits per heavy atom. The van der Waals surface area contributed by atoms with Crippen LogP contribution in [0.4, 0.5) is 4.79 Å². The van der Waals surface area contributed by atoms with Crippen molar-refractivity contribution in [3.05, 3.63) is 78.0 Å². The van der Waals surface area contributed by atoms with Gasteiger partial charge in [0.1, 0.15) is 6.61 Å². The highest BCUT2D eigenvalue weighted by atomic mass is 31.1. The lowest BCUT2D eigenvalue weighted by molar-refractivity contribution is 0.149. The number of fused-ring (bicyclic) bond motifs is 3. The van der Waals surface area contributed by atoms with Crippen LogP contribution in [-0.2, 0) is 4.74 Å². The molecule has 0 bridgehead atoms. The maximum Gasteiger partial charge on any atom is 0.410 e. The molecule has 3 rings (SSSR count). The molecule has 0 aliphatic heterocycles. The Balaban J connectivity index is 1.67. The van der Waals surface area contributed by atoms with E-state index in [0.717, 1.165) is 6.16 Å². The van der Waals surface area contributed by atoms with Gasteiger partial charge in [-0.25, -0.2) is 4.79 Å². The van der Waals surface area contributed by atoms with Crippen molar-refractivity contribution in [2.45, 2.75) is 5.92 Å². The topological polar surface area (TPSA) is 64.3 Å². The summed E-state index contributed by atoms with van der Waals surface area (Å²) in [4.78, 5) is 12.3. The quantitative estimate of drug-likeness (QED) is 0.570. The van der Waals surface area contributed by atoms with Crippen LogP contribution in [0.2, 0.25) is 0 Å². The summed E-state index contributed by atoms with van der Waals surface area (Å²) in [5, 5.41) is 2.95. The van der Waals surface area contributed by atoms with E-state index in [1.165, 1.54) is 22.3 Å². The summed E-state index contributed by atoms with van der Waals surface area (Å²) >= 11 is 0. The number of nitrogens with two attached hydrogens (primary N) is 1. The van der Waals surface area contributed by atoms with Gasteiger partial charge in [0.25, 0.3) is 0 Å². The summed E-state index contributed by atoms with van der Waals surface area (Å²) in [6.07, 6.45) is 2.90. The van der Waals surface area contributed by atoms with Crippen molar-refractivity contribution in [2.24, 2.45) is 5.73 Å². The molecule has 1 unspecified atom stereocenters. The first-order chi connectivity index (χ1) is 12.7. The van der Waals surface area contributed by atoms with Gasteiger partial charge in [-0.05, 0) is 41.0 Å². The molecule has 0 radical (unpaired) electrons. The zero-order valence-corrected chi connectivity index (χ0v) is 15.5. The van der Waals surface area contributed by atoms with Crippen LogP contribution >= 0.6 is 8.07 Å². The first-order valence-corrected chi connectivity index (χ1v) is 10.4. The number of hydrogen-bond acceptors (Lipinski definition) is 3. The molecular weight excluding hydrogens is 343 g/mol. The fourth-order valence-corrected chi connectivity index (χ4v) is 4.65. The third kappa shape index (κ3) is 4.05. The van der Waals surface area contributed by atoms with Gasteiger partial charge in [-0.3, -0.25) is 0 Å². The van der Waals surface area contributed by atoms with Crippen molar-refractivity contribution < 1.29 is 9.53 Å². The number of amides is 1. The maximum absolute atomic E-state index is 12.3. The molecule has 1 amide bonds. The summed E-state index contributed by atoms with van der Waals surface area (Å²) in [5.74, 6) is 0.0713. The Bertz CT molecular complexity index is 785. The second kappa shape index (κ2) is 8.82. The van der Waals surface area contributed by atoms with Gasteiger partial charge >= 0.3 is 6.09 Å². The van der Waals surface area contributed by atoms with Gasteiger partial charge in [0.05, 0.1) is 0 Å². The highest BCUT2D eigenvalue weighted by Gasteiger charge is 2.29. The van der Waals surface area contributed by atoms with Crippen molar-refractivity contribution in [1.29, 1.82) is 0 Å². The minimum atomic E-state index is -0.743. The van der Waals surface area contributed by atoms with Crippen LogP contribution in [0.3, 0.4) is 0 Å². The Morgan fingerprint density at radius 3 is 2.38 bits per heavy atom. The van der Waals surface area contributed by atoms with E-state index in [4.69, 9.17) is 10.5 Å². The fourth-order valence-electron chi connectivity index (χ4n) is 3.28. The molecule has 0 saturated carbocycles. The molecule has 2 aromatic rings. The molecule has 2 aromatic carbocycles. The van der Waals surface area contributed by atoms with Gasteiger partial charge in [0.2, 0.25) is 0 Å². The summed E-state index contributed by atoms with van der Waals surface area (Å²) in [5.41, 5.74) is 13.2. The Kier molecular flexibility index (Phi) is 6.25. The van der Waals surface area contributed by atoms with Crippen LogP contribution in [0, 0.1) is 0 Å². The van der Waals surface area contributed by atoms with Crippen LogP contribution in [0.1, 0.15) is 17.0 Å². The van der Waals surface area contributed by atoms with E-state index in [0.29, 0.717) is 19.3 Å². The van der Waals surface area contributed by atoms with E-state index in [9.17, 15) is 4.79 Å². The average molecular weight is 366 g/mol. The molecular formula is C21H23N2O2P. The van der Waals surface area contributed by atoms with Crippen LogP contribution in [-0.4, -0.2) is 31.6 Å². The second-order valence-corrected chi connectivity index (χ2v) is 8.20. The van der Waals surface area contributed by atoms with Gasteiger partial charge in [-0.2, -0.15) is 0 Å². The smallest absolute Gasteiger partial charge is 0.410 e. The first kappa shape index (κ1) is 18.4. The molecule has 0 spiro atoms. The Morgan fingerprint density at radius 1 is 1.19 bits per heavy atom. The molecule has 1 aliphatic rings. The Labute approximate surface area is 155 Å². The minimum Gasteiger partial charge on any atom is -0.448 e. The third-order valence-corrected chi connectivity index (χ3v) is 6.37. The van der Waals surface area contributed by atoms with E-state index in [1.54, 1.807) is 0 Å². The normalized spacial score (nSPS) is 13.3. The number of nitrogens with one attached hydrogen (secondary N) is 1. The van der Waals surface area contributed by atoms with Crippen molar-refractivity contribution in [3.63, 3.8) is 0 Å². The summed E-state index contributed by atoms with van der Waals surface area (Å²) < 4.78 is 5.57. The van der Waals surface area contributed by atoms with Crippen molar-refractivity contribution in [2.75, 3.05) is 25.5 Å². The maximum atomic E-state index is 12.3. The lowest BCUT2D eigenvalue weighted by Gasteiger charge is -2.18. The second-order valence-electron chi connectivity index (χ2n) is 6.08. The van der Waals surface area contributed by atoms with Crippen molar-refractivity contribution >= 4 is 14.2 Å². The van der Waals surface area contributed by atoms with Crippen LogP contribution < -0.4 is 10.8 Å². The van der Waals surface area contributed by atoms with E-state index in [-0.39, 0.29) is 12.0 Å². The Hall–Kier alpha value is -2.38. The molecule has 0 fully saturated rings. The predicted molar refractivity (Wildman–Crippen MR) is 108 cm³/mol. The zero-order valence-electron chi connectivity index (χ0n) is 14.7. The largest absolute Gasteiger partial charge is 0.448 e. The number of ether oxygens (including phenoxy) is 1. The van der Waals surface area contributed by atoms with Gasteiger partial charge in [-0.15, -0.1) is 5.73 Å². The molecule has 5 heteroatoms. The fraction of sp³-hybridized carbons (Fsp3) is 0.238. The van der Waals surface area contributed by atoms with Crippen LogP contribution in [0.25, 0.3) is 11.1 Å². The molecule has 1 aliphatic carbocycles. The van der Waals surface area contributed by atoms with Crippen LogP contribution in [0.15, 0.2) is 66.9 Å². The third-order valence-electron chi connectivity index (χ3n) is 4.45. The van der Waals surface area contributed by atoms with E-state index < -0.39 is 8.07 Å². The zero-order chi connectivity index (χ0) is 18.4. The molecule has 0 heterocycles. The molecule has 0 saturated heterocycles. The molecule has 26 heavy (non-hydrogen) atoms. The highest BCUT2D eigenvalue weighted by Crippen LogP contribution is 2.44. The van der Waals surface area contributed by atoms with E-state index in [1.807, 2.05) is 30.3 Å². The molecule has 3 N–H and O–H groups in total. The molecule has 1 atom stereocenters. The van der Waals surface area contributed by atoms with Gasteiger partial charge in [-0.1, -0.05) is 55.1 Å². The predicted octanol–water partition coefficient (Wildman–Crippen LogP) is 4.22.